The maximum atomic E-state index is 12.6. The van der Waals surface area contributed by atoms with Gasteiger partial charge in [0.25, 0.3) is 5.56 Å². The fraction of sp³-hybridized carbons (Fsp3) is 0.304. The standard InChI is InChI=1S/C23H27N5O2/c1-13-9-14(2)21(15(3)10-13)26-20(29)12-28(6)19-8-7-18(11-24-19)22-25-17(5)16(4)23(30)27-22/h7-11H,12H2,1-6H3,(H,26,29)(H,25,27,30). The number of H-pyrrole nitrogens is 1. The van der Waals surface area contributed by atoms with Crippen molar-refractivity contribution in [2.75, 3.05) is 23.8 Å². The van der Waals surface area contributed by atoms with Crippen LogP contribution in [0.4, 0.5) is 11.5 Å². The number of nitrogens with one attached hydrogen (secondary N) is 2. The van der Waals surface area contributed by atoms with E-state index < -0.39 is 0 Å². The van der Waals surface area contributed by atoms with E-state index in [2.05, 4.69) is 32.4 Å². The van der Waals surface area contributed by atoms with Gasteiger partial charge in [0.15, 0.2) is 0 Å². The Hall–Kier alpha value is -3.48. The number of likely N-dealkylation sites (N-methyl/N-ethyl adjacent to an activating group) is 1. The van der Waals surface area contributed by atoms with E-state index in [9.17, 15) is 9.59 Å². The number of aryl methyl sites for hydroxylation is 4. The number of aromatic amines is 1. The van der Waals surface area contributed by atoms with Crippen molar-refractivity contribution in [3.8, 4) is 11.4 Å². The number of hydrogen-bond acceptors (Lipinski definition) is 5. The lowest BCUT2D eigenvalue weighted by atomic mass is 10.1. The molecule has 0 aliphatic carbocycles. The number of carbonyl (C=O) groups is 1. The lowest BCUT2D eigenvalue weighted by Crippen LogP contribution is -2.31. The maximum Gasteiger partial charge on any atom is 0.254 e. The van der Waals surface area contributed by atoms with Crippen LogP contribution in [0.25, 0.3) is 11.4 Å². The predicted octanol–water partition coefficient (Wildman–Crippen LogP) is 3.45. The summed E-state index contributed by atoms with van der Waals surface area (Å²) in [7, 11) is 1.81. The molecule has 1 amide bonds. The Morgan fingerprint density at radius 1 is 1.10 bits per heavy atom. The number of pyridine rings is 1. The molecule has 156 valence electrons. The Morgan fingerprint density at radius 3 is 2.33 bits per heavy atom. The molecule has 0 bridgehead atoms. The van der Waals surface area contributed by atoms with Gasteiger partial charge in [-0.3, -0.25) is 9.59 Å². The average Bonchev–Trinajstić information content (AvgIpc) is 2.68. The first-order valence-electron chi connectivity index (χ1n) is 9.78. The minimum absolute atomic E-state index is 0.112. The van der Waals surface area contributed by atoms with E-state index >= 15 is 0 Å². The quantitative estimate of drug-likeness (QED) is 0.678. The Labute approximate surface area is 176 Å². The molecule has 1 aromatic carbocycles. The molecule has 0 spiro atoms. The van der Waals surface area contributed by atoms with Crippen molar-refractivity contribution < 1.29 is 4.79 Å². The summed E-state index contributed by atoms with van der Waals surface area (Å²) in [6.45, 7) is 9.73. The SMILES string of the molecule is Cc1cc(C)c(NC(=O)CN(C)c2ccc(-c3nc(C)c(C)c(=O)[nH]3)cn2)c(C)c1. The second kappa shape index (κ2) is 8.49. The van der Waals surface area contributed by atoms with Crippen molar-refractivity contribution in [2.24, 2.45) is 0 Å². The minimum Gasteiger partial charge on any atom is -0.350 e. The van der Waals surface area contributed by atoms with Crippen molar-refractivity contribution >= 4 is 17.4 Å². The zero-order valence-electron chi connectivity index (χ0n) is 18.3. The van der Waals surface area contributed by atoms with E-state index in [0.717, 1.165) is 16.8 Å². The van der Waals surface area contributed by atoms with Gasteiger partial charge in [-0.15, -0.1) is 0 Å². The van der Waals surface area contributed by atoms with E-state index in [1.807, 2.05) is 33.9 Å². The summed E-state index contributed by atoms with van der Waals surface area (Å²) in [5, 5.41) is 3.00. The monoisotopic (exact) mass is 405 g/mol. The highest BCUT2D eigenvalue weighted by Gasteiger charge is 2.13. The van der Waals surface area contributed by atoms with Crippen molar-refractivity contribution in [2.45, 2.75) is 34.6 Å². The van der Waals surface area contributed by atoms with Gasteiger partial charge in [0.1, 0.15) is 11.6 Å². The van der Waals surface area contributed by atoms with Crippen molar-refractivity contribution in [3.05, 3.63) is 68.8 Å². The number of anilines is 2. The summed E-state index contributed by atoms with van der Waals surface area (Å²) in [5.74, 6) is 1.02. The molecule has 0 unspecified atom stereocenters. The summed E-state index contributed by atoms with van der Waals surface area (Å²) in [5.41, 5.74) is 5.96. The van der Waals surface area contributed by atoms with Crippen molar-refractivity contribution in [3.63, 3.8) is 0 Å². The number of aromatic nitrogens is 3. The van der Waals surface area contributed by atoms with Crippen LogP contribution in [-0.4, -0.2) is 34.5 Å². The van der Waals surface area contributed by atoms with Crippen molar-refractivity contribution in [1.82, 2.24) is 15.0 Å². The molecule has 0 fully saturated rings. The third-order valence-corrected chi connectivity index (χ3v) is 5.13. The number of rotatable bonds is 5. The van der Waals surface area contributed by atoms with Crippen LogP contribution in [0, 0.1) is 34.6 Å². The first-order valence-corrected chi connectivity index (χ1v) is 9.78. The van der Waals surface area contributed by atoms with Gasteiger partial charge < -0.3 is 15.2 Å². The molecule has 7 nitrogen and oxygen atoms in total. The lowest BCUT2D eigenvalue weighted by Gasteiger charge is -2.19. The normalized spacial score (nSPS) is 10.7. The largest absolute Gasteiger partial charge is 0.350 e. The van der Waals surface area contributed by atoms with Gasteiger partial charge in [0, 0.05) is 35.8 Å². The van der Waals surface area contributed by atoms with Crippen molar-refractivity contribution in [1.29, 1.82) is 0 Å². The third-order valence-electron chi connectivity index (χ3n) is 5.13. The number of benzene rings is 1. The fourth-order valence-electron chi connectivity index (χ4n) is 3.39. The van der Waals surface area contributed by atoms with Crippen LogP contribution < -0.4 is 15.8 Å². The highest BCUT2D eigenvalue weighted by molar-refractivity contribution is 5.95. The van der Waals surface area contributed by atoms with E-state index in [0.29, 0.717) is 28.5 Å². The molecule has 7 heteroatoms. The zero-order chi connectivity index (χ0) is 22.0. The molecule has 3 rings (SSSR count). The molecule has 2 N–H and O–H groups in total. The summed E-state index contributed by atoms with van der Waals surface area (Å²) in [6.07, 6.45) is 1.64. The predicted molar refractivity (Wildman–Crippen MR) is 120 cm³/mol. The Kier molecular flexibility index (Phi) is 6.01. The van der Waals surface area contributed by atoms with Gasteiger partial charge in [0.2, 0.25) is 5.91 Å². The highest BCUT2D eigenvalue weighted by atomic mass is 16.2. The molecule has 3 aromatic rings. The molecule has 0 saturated carbocycles. The highest BCUT2D eigenvalue weighted by Crippen LogP contribution is 2.22. The van der Waals surface area contributed by atoms with Crippen LogP contribution in [0.15, 0.2) is 35.3 Å². The average molecular weight is 406 g/mol. The van der Waals surface area contributed by atoms with E-state index in [1.165, 1.54) is 5.56 Å². The van der Waals surface area contributed by atoms with Crippen LogP contribution >= 0.6 is 0 Å². The molecular formula is C23H27N5O2. The Balaban J connectivity index is 1.71. The first kappa shape index (κ1) is 21.2. The summed E-state index contributed by atoms with van der Waals surface area (Å²) in [4.78, 5) is 37.9. The first-order chi connectivity index (χ1) is 14.2. The van der Waals surface area contributed by atoms with Gasteiger partial charge in [-0.2, -0.15) is 0 Å². The van der Waals surface area contributed by atoms with Crippen LogP contribution in [0.5, 0.6) is 0 Å². The summed E-state index contributed by atoms with van der Waals surface area (Å²) < 4.78 is 0. The molecular weight excluding hydrogens is 378 g/mol. The van der Waals surface area contributed by atoms with Gasteiger partial charge in [-0.05, 0) is 57.9 Å². The fourth-order valence-corrected chi connectivity index (χ4v) is 3.39. The zero-order valence-corrected chi connectivity index (χ0v) is 18.3. The molecule has 0 aliphatic rings. The molecule has 0 aliphatic heterocycles. The lowest BCUT2D eigenvalue weighted by molar-refractivity contribution is -0.114. The third kappa shape index (κ3) is 4.56. The van der Waals surface area contributed by atoms with Gasteiger partial charge in [-0.1, -0.05) is 17.7 Å². The second-order valence-corrected chi connectivity index (χ2v) is 7.71. The number of amides is 1. The molecule has 0 atom stereocenters. The summed E-state index contributed by atoms with van der Waals surface area (Å²) in [6, 6.07) is 7.74. The maximum absolute atomic E-state index is 12.6. The van der Waals surface area contributed by atoms with E-state index in [1.54, 1.807) is 31.0 Å². The van der Waals surface area contributed by atoms with Crippen LogP contribution in [-0.2, 0) is 4.79 Å². The summed E-state index contributed by atoms with van der Waals surface area (Å²) >= 11 is 0. The molecule has 0 saturated heterocycles. The van der Waals surface area contributed by atoms with Crippen LogP contribution in [0.1, 0.15) is 27.9 Å². The van der Waals surface area contributed by atoms with Gasteiger partial charge in [-0.25, -0.2) is 9.97 Å². The molecule has 2 heterocycles. The number of nitrogens with zero attached hydrogens (tertiary/aromatic N) is 3. The number of carbonyl (C=O) groups excluding carboxylic acids is 1. The molecule has 2 aromatic heterocycles. The minimum atomic E-state index is -0.156. The Bertz CT molecular complexity index is 1130. The topological polar surface area (TPSA) is 91.0 Å². The van der Waals surface area contributed by atoms with Crippen LogP contribution in [0.2, 0.25) is 0 Å². The van der Waals surface area contributed by atoms with Crippen LogP contribution in [0.3, 0.4) is 0 Å². The molecule has 30 heavy (non-hydrogen) atoms. The second-order valence-electron chi connectivity index (χ2n) is 7.71. The van der Waals surface area contributed by atoms with Gasteiger partial charge >= 0.3 is 0 Å². The van der Waals surface area contributed by atoms with Gasteiger partial charge in [0.05, 0.1) is 6.54 Å². The Morgan fingerprint density at radius 2 is 1.77 bits per heavy atom. The molecule has 0 radical (unpaired) electrons. The van der Waals surface area contributed by atoms with E-state index in [-0.39, 0.29) is 18.0 Å². The number of hydrogen-bond donors (Lipinski definition) is 2. The van der Waals surface area contributed by atoms with E-state index in [4.69, 9.17) is 0 Å². The smallest absolute Gasteiger partial charge is 0.254 e.